The van der Waals surface area contributed by atoms with Gasteiger partial charge in [0, 0.05) is 49.9 Å². The molecule has 0 radical (unpaired) electrons. The number of carbonyl (C=O) groups excluding carboxylic acids is 1. The largest absolute Gasteiger partial charge is 0.377 e. The number of amides is 1. The number of carbonyl (C=O) groups is 1. The smallest absolute Gasteiger partial charge is 0.272 e. The molecule has 134 valence electrons. The molecule has 1 aliphatic rings. The van der Waals surface area contributed by atoms with Crippen LogP contribution in [-0.2, 0) is 17.9 Å². The summed E-state index contributed by atoms with van der Waals surface area (Å²) in [4.78, 5) is 23.4. The second-order valence-electron chi connectivity index (χ2n) is 6.82. The van der Waals surface area contributed by atoms with Crippen LogP contribution in [0.1, 0.15) is 22.0 Å². The lowest BCUT2D eigenvalue weighted by Gasteiger charge is -2.39. The molecule has 3 aromatic rings. The van der Waals surface area contributed by atoms with Gasteiger partial charge in [-0.15, -0.1) is 0 Å². The van der Waals surface area contributed by atoms with E-state index < -0.39 is 0 Å². The van der Waals surface area contributed by atoms with Crippen LogP contribution >= 0.6 is 0 Å². The van der Waals surface area contributed by atoms with Crippen molar-refractivity contribution in [1.29, 1.82) is 0 Å². The van der Waals surface area contributed by atoms with Gasteiger partial charge in [-0.25, -0.2) is 9.97 Å². The third-order valence-corrected chi connectivity index (χ3v) is 4.91. The molecule has 6 nitrogen and oxygen atoms in total. The predicted molar refractivity (Wildman–Crippen MR) is 98.8 cm³/mol. The van der Waals surface area contributed by atoms with Gasteiger partial charge < -0.3 is 14.2 Å². The van der Waals surface area contributed by atoms with Gasteiger partial charge in [-0.1, -0.05) is 24.3 Å². The molecule has 0 unspecified atom stereocenters. The fourth-order valence-electron chi connectivity index (χ4n) is 3.46. The number of methoxy groups -OCH3 is 1. The molecule has 1 amide bonds. The van der Waals surface area contributed by atoms with Gasteiger partial charge in [0.05, 0.1) is 5.52 Å². The van der Waals surface area contributed by atoms with Crippen molar-refractivity contribution >= 4 is 16.8 Å². The molecule has 4 rings (SSSR count). The van der Waals surface area contributed by atoms with Crippen LogP contribution in [0.5, 0.6) is 0 Å². The molecule has 0 bridgehead atoms. The number of aryl methyl sites for hydroxylation is 1. The lowest BCUT2D eigenvalue weighted by Crippen LogP contribution is -2.51. The third kappa shape index (κ3) is 3.08. The summed E-state index contributed by atoms with van der Waals surface area (Å²) in [5.41, 5.74) is 2.49. The number of imidazole rings is 1. The molecule has 0 aliphatic carbocycles. The van der Waals surface area contributed by atoms with Gasteiger partial charge >= 0.3 is 0 Å². The Hall–Kier alpha value is -2.73. The highest BCUT2D eigenvalue weighted by molar-refractivity contribution is 5.95. The summed E-state index contributed by atoms with van der Waals surface area (Å²) in [6.45, 7) is 4.91. The first-order chi connectivity index (χ1) is 12.7. The molecule has 1 fully saturated rings. The quantitative estimate of drug-likeness (QED) is 0.710. The topological polar surface area (TPSA) is 60.2 Å². The molecular formula is C20H22N4O2. The van der Waals surface area contributed by atoms with Crippen LogP contribution < -0.4 is 0 Å². The van der Waals surface area contributed by atoms with E-state index >= 15 is 0 Å². The van der Waals surface area contributed by atoms with Gasteiger partial charge in [0.15, 0.2) is 0 Å². The summed E-state index contributed by atoms with van der Waals surface area (Å²) in [5.74, 6) is 1.38. The first-order valence-electron chi connectivity index (χ1n) is 8.80. The van der Waals surface area contributed by atoms with E-state index in [1.807, 2.05) is 54.4 Å². The fourth-order valence-corrected chi connectivity index (χ4v) is 3.46. The zero-order chi connectivity index (χ0) is 18.1. The molecule has 0 atom stereocenters. The molecular weight excluding hydrogens is 328 g/mol. The van der Waals surface area contributed by atoms with Gasteiger partial charge in [-0.3, -0.25) is 4.79 Å². The number of benzene rings is 1. The highest BCUT2D eigenvalue weighted by Crippen LogP contribution is 2.22. The number of hydrogen-bond acceptors (Lipinski definition) is 4. The van der Waals surface area contributed by atoms with E-state index in [4.69, 9.17) is 4.74 Å². The molecule has 26 heavy (non-hydrogen) atoms. The normalized spacial score (nSPS) is 14.6. The van der Waals surface area contributed by atoms with Crippen molar-refractivity contribution in [3.05, 3.63) is 59.8 Å². The van der Waals surface area contributed by atoms with Gasteiger partial charge in [-0.05, 0) is 19.1 Å². The van der Waals surface area contributed by atoms with Gasteiger partial charge in [0.25, 0.3) is 5.91 Å². The van der Waals surface area contributed by atoms with Gasteiger partial charge in [-0.2, -0.15) is 0 Å². The van der Waals surface area contributed by atoms with E-state index in [1.54, 1.807) is 7.11 Å². The SMILES string of the molecule is COCc1ncc(C)n1CC1CN(C(=O)c2ccc3ccccc3n2)C1. The number of likely N-dealkylation sites (tertiary alicyclic amines) is 1. The molecule has 1 aromatic carbocycles. The van der Waals surface area contributed by atoms with Crippen molar-refractivity contribution in [1.82, 2.24) is 19.4 Å². The second kappa shape index (κ2) is 6.88. The summed E-state index contributed by atoms with van der Waals surface area (Å²) in [5, 5.41) is 1.05. The van der Waals surface area contributed by atoms with E-state index in [2.05, 4.69) is 14.5 Å². The van der Waals surface area contributed by atoms with Crippen LogP contribution in [0.3, 0.4) is 0 Å². The van der Waals surface area contributed by atoms with Gasteiger partial charge in [0.1, 0.15) is 18.1 Å². The van der Waals surface area contributed by atoms with Crippen molar-refractivity contribution in [3.8, 4) is 0 Å². The first-order valence-corrected chi connectivity index (χ1v) is 8.80. The Balaban J connectivity index is 1.41. The maximum atomic E-state index is 12.7. The van der Waals surface area contributed by atoms with Crippen LogP contribution in [0, 0.1) is 12.8 Å². The van der Waals surface area contributed by atoms with Crippen LogP contribution in [0.25, 0.3) is 10.9 Å². The van der Waals surface area contributed by atoms with E-state index in [9.17, 15) is 4.79 Å². The lowest BCUT2D eigenvalue weighted by atomic mass is 9.99. The van der Waals surface area contributed by atoms with Crippen molar-refractivity contribution < 1.29 is 9.53 Å². The Morgan fingerprint density at radius 2 is 2.04 bits per heavy atom. The third-order valence-electron chi connectivity index (χ3n) is 4.91. The van der Waals surface area contributed by atoms with E-state index in [0.717, 1.165) is 42.1 Å². The van der Waals surface area contributed by atoms with E-state index in [1.165, 1.54) is 0 Å². The second-order valence-corrected chi connectivity index (χ2v) is 6.82. The minimum atomic E-state index is 0.00599. The first kappa shape index (κ1) is 16.7. The molecule has 2 aromatic heterocycles. The van der Waals surface area contributed by atoms with E-state index in [0.29, 0.717) is 18.2 Å². The Bertz CT molecular complexity index is 944. The molecule has 1 saturated heterocycles. The maximum absolute atomic E-state index is 12.7. The summed E-state index contributed by atoms with van der Waals surface area (Å²) in [6.07, 6.45) is 1.87. The number of aromatic nitrogens is 3. The predicted octanol–water partition coefficient (Wildman–Crippen LogP) is 2.66. The Kier molecular flexibility index (Phi) is 4.42. The zero-order valence-corrected chi connectivity index (χ0v) is 15.1. The fraction of sp³-hybridized carbons (Fsp3) is 0.350. The number of ether oxygens (including phenoxy) is 1. The van der Waals surface area contributed by atoms with Crippen LogP contribution in [-0.4, -0.2) is 45.5 Å². The van der Waals surface area contributed by atoms with Crippen molar-refractivity contribution in [2.75, 3.05) is 20.2 Å². The molecule has 3 heterocycles. The van der Waals surface area contributed by atoms with Crippen molar-refractivity contribution in [2.24, 2.45) is 5.92 Å². The number of nitrogens with zero attached hydrogens (tertiary/aromatic N) is 4. The average molecular weight is 350 g/mol. The minimum Gasteiger partial charge on any atom is -0.377 e. The molecule has 0 saturated carbocycles. The average Bonchev–Trinajstić information content (AvgIpc) is 2.97. The molecule has 1 aliphatic heterocycles. The number of fused-ring (bicyclic) bond motifs is 1. The van der Waals surface area contributed by atoms with Crippen molar-refractivity contribution in [2.45, 2.75) is 20.1 Å². The lowest BCUT2D eigenvalue weighted by molar-refractivity contribution is 0.0457. The molecule has 0 spiro atoms. The van der Waals surface area contributed by atoms with Gasteiger partial charge in [0.2, 0.25) is 0 Å². The monoisotopic (exact) mass is 350 g/mol. The number of para-hydroxylation sites is 1. The summed E-state index contributed by atoms with van der Waals surface area (Å²) < 4.78 is 7.40. The summed E-state index contributed by atoms with van der Waals surface area (Å²) in [7, 11) is 1.68. The zero-order valence-electron chi connectivity index (χ0n) is 15.1. The Morgan fingerprint density at radius 1 is 1.23 bits per heavy atom. The molecule has 6 heteroatoms. The highest BCUT2D eigenvalue weighted by Gasteiger charge is 2.32. The molecule has 0 N–H and O–H groups in total. The van der Waals surface area contributed by atoms with Crippen LogP contribution in [0.4, 0.5) is 0 Å². The number of hydrogen-bond donors (Lipinski definition) is 0. The Labute approximate surface area is 152 Å². The maximum Gasteiger partial charge on any atom is 0.272 e. The summed E-state index contributed by atoms with van der Waals surface area (Å²) >= 11 is 0. The van der Waals surface area contributed by atoms with Crippen LogP contribution in [0.15, 0.2) is 42.6 Å². The number of pyridine rings is 1. The van der Waals surface area contributed by atoms with E-state index in [-0.39, 0.29) is 5.91 Å². The van der Waals surface area contributed by atoms with Crippen LogP contribution in [0.2, 0.25) is 0 Å². The standard InChI is InChI=1S/C20H22N4O2/c1-14-9-21-19(13-26-2)24(14)12-15-10-23(11-15)20(25)18-8-7-16-5-3-4-6-17(16)22-18/h3-9,15H,10-13H2,1-2H3. The highest BCUT2D eigenvalue weighted by atomic mass is 16.5. The minimum absolute atomic E-state index is 0.00599. The summed E-state index contributed by atoms with van der Waals surface area (Å²) in [6, 6.07) is 11.6. The number of rotatable bonds is 5. The Morgan fingerprint density at radius 3 is 2.85 bits per heavy atom. The van der Waals surface area contributed by atoms with Crippen molar-refractivity contribution in [3.63, 3.8) is 0 Å².